The number of rotatable bonds is 7. The lowest BCUT2D eigenvalue weighted by molar-refractivity contribution is 0.0730. The third-order valence-corrected chi connectivity index (χ3v) is 6.75. The summed E-state index contributed by atoms with van der Waals surface area (Å²) in [5, 5.41) is 9.30. The lowest BCUT2D eigenvalue weighted by Gasteiger charge is -2.26. The van der Waals surface area contributed by atoms with Gasteiger partial charge in [-0.3, -0.25) is 4.57 Å². The van der Waals surface area contributed by atoms with Crippen molar-refractivity contribution in [3.05, 3.63) is 36.9 Å². The van der Waals surface area contributed by atoms with Gasteiger partial charge in [-0.15, -0.1) is 16.8 Å². The quantitative estimate of drug-likeness (QED) is 0.530. The predicted octanol–water partition coefficient (Wildman–Crippen LogP) is 2.26. The van der Waals surface area contributed by atoms with E-state index in [1.165, 1.54) is 4.31 Å². The van der Waals surface area contributed by atoms with Crippen LogP contribution in [0.2, 0.25) is 0 Å². The highest BCUT2D eigenvalue weighted by molar-refractivity contribution is 7.99. The number of allylic oxidation sites excluding steroid dienone is 1. The Morgan fingerprint density at radius 1 is 1.31 bits per heavy atom. The largest absolute Gasteiger partial charge is 0.379 e. The highest BCUT2D eigenvalue weighted by Gasteiger charge is 2.27. The zero-order valence-electron chi connectivity index (χ0n) is 14.7. The summed E-state index contributed by atoms with van der Waals surface area (Å²) in [5.74, 6) is 1.51. The van der Waals surface area contributed by atoms with Crippen LogP contribution in [0.5, 0.6) is 0 Å². The third-order valence-electron chi connectivity index (χ3n) is 4.00. The van der Waals surface area contributed by atoms with E-state index < -0.39 is 10.0 Å². The lowest BCUT2D eigenvalue weighted by atomic mass is 10.2. The van der Waals surface area contributed by atoms with Crippen molar-refractivity contribution in [1.29, 1.82) is 0 Å². The van der Waals surface area contributed by atoms with E-state index in [2.05, 4.69) is 16.8 Å². The first-order valence-electron chi connectivity index (χ1n) is 8.43. The number of hydrogen-bond acceptors (Lipinski definition) is 6. The molecule has 0 bridgehead atoms. The molecule has 1 aliphatic heterocycles. The Hall–Kier alpha value is -1.68. The fourth-order valence-electron chi connectivity index (χ4n) is 2.76. The predicted molar refractivity (Wildman–Crippen MR) is 102 cm³/mol. The molecule has 0 aliphatic carbocycles. The van der Waals surface area contributed by atoms with E-state index in [9.17, 15) is 8.42 Å². The van der Waals surface area contributed by atoms with Gasteiger partial charge < -0.3 is 4.74 Å². The number of hydrogen-bond donors (Lipinski definition) is 0. The van der Waals surface area contributed by atoms with Crippen molar-refractivity contribution in [2.45, 2.75) is 23.5 Å². The zero-order chi connectivity index (χ0) is 18.6. The van der Waals surface area contributed by atoms with Crippen LogP contribution < -0.4 is 0 Å². The van der Waals surface area contributed by atoms with Gasteiger partial charge in [-0.25, -0.2) is 8.42 Å². The van der Waals surface area contributed by atoms with Gasteiger partial charge in [-0.2, -0.15) is 4.31 Å². The van der Waals surface area contributed by atoms with Crippen LogP contribution in [-0.4, -0.2) is 59.5 Å². The molecule has 1 aliphatic rings. The maximum atomic E-state index is 12.9. The van der Waals surface area contributed by atoms with Crippen LogP contribution in [0.25, 0.3) is 11.4 Å². The number of morpholine rings is 1. The molecule has 3 rings (SSSR count). The number of aromatic nitrogens is 3. The first-order chi connectivity index (χ1) is 12.6. The van der Waals surface area contributed by atoms with E-state index in [1.807, 2.05) is 17.6 Å². The van der Waals surface area contributed by atoms with Crippen molar-refractivity contribution in [3.8, 4) is 11.4 Å². The molecule has 2 heterocycles. The van der Waals surface area contributed by atoms with E-state index in [-0.39, 0.29) is 4.90 Å². The minimum Gasteiger partial charge on any atom is -0.379 e. The molecule has 0 radical (unpaired) electrons. The Kier molecular flexibility index (Phi) is 6.13. The Balaban J connectivity index is 1.98. The summed E-state index contributed by atoms with van der Waals surface area (Å²) < 4.78 is 34.5. The van der Waals surface area contributed by atoms with E-state index in [1.54, 1.807) is 36.0 Å². The number of nitrogens with zero attached hydrogens (tertiary/aromatic N) is 4. The monoisotopic (exact) mass is 394 g/mol. The molecule has 0 atom stereocenters. The van der Waals surface area contributed by atoms with Gasteiger partial charge in [-0.05, 0) is 17.9 Å². The summed E-state index contributed by atoms with van der Waals surface area (Å²) in [4.78, 5) is 0.259. The molecule has 0 saturated carbocycles. The number of benzene rings is 1. The number of ether oxygens (including phenoxy) is 1. The molecule has 0 N–H and O–H groups in total. The molecule has 1 fully saturated rings. The molecule has 0 amide bonds. The fraction of sp³-hybridized carbons (Fsp3) is 0.412. The molecule has 2 aromatic rings. The summed E-state index contributed by atoms with van der Waals surface area (Å²) in [6, 6.07) is 6.86. The van der Waals surface area contributed by atoms with Gasteiger partial charge >= 0.3 is 0 Å². The van der Waals surface area contributed by atoms with Gasteiger partial charge in [0.1, 0.15) is 0 Å². The molecule has 140 valence electrons. The first-order valence-corrected chi connectivity index (χ1v) is 10.9. The lowest BCUT2D eigenvalue weighted by Crippen LogP contribution is -2.40. The molecule has 7 nitrogen and oxygen atoms in total. The normalized spacial score (nSPS) is 15.9. The second kappa shape index (κ2) is 8.34. The van der Waals surface area contributed by atoms with Crippen molar-refractivity contribution in [2.75, 3.05) is 32.1 Å². The van der Waals surface area contributed by atoms with Crippen molar-refractivity contribution < 1.29 is 13.2 Å². The summed E-state index contributed by atoms with van der Waals surface area (Å²) in [6.07, 6.45) is 1.78. The van der Waals surface area contributed by atoms with Gasteiger partial charge in [0.2, 0.25) is 10.0 Å². The van der Waals surface area contributed by atoms with Crippen molar-refractivity contribution >= 4 is 21.8 Å². The Morgan fingerprint density at radius 2 is 2.08 bits per heavy atom. The topological polar surface area (TPSA) is 77.3 Å². The SMILES string of the molecule is C=CCn1c(SCC)nnc1-c1cccc(S(=O)(=O)N2CCOCC2)c1. The van der Waals surface area contributed by atoms with Gasteiger partial charge in [0.25, 0.3) is 0 Å². The maximum absolute atomic E-state index is 12.9. The first kappa shape index (κ1) is 19.1. The third kappa shape index (κ3) is 3.85. The molecular weight excluding hydrogens is 372 g/mol. The van der Waals surface area contributed by atoms with Gasteiger partial charge in [0.15, 0.2) is 11.0 Å². The maximum Gasteiger partial charge on any atom is 0.243 e. The second-order valence-corrected chi connectivity index (χ2v) is 8.85. The van der Waals surface area contributed by atoms with E-state index in [0.29, 0.717) is 38.7 Å². The molecule has 1 aromatic heterocycles. The fourth-order valence-corrected chi connectivity index (χ4v) is 4.89. The minimum absolute atomic E-state index is 0.259. The van der Waals surface area contributed by atoms with Crippen LogP contribution in [0.3, 0.4) is 0 Å². The van der Waals surface area contributed by atoms with Gasteiger partial charge in [-0.1, -0.05) is 36.9 Å². The Morgan fingerprint density at radius 3 is 2.77 bits per heavy atom. The van der Waals surface area contributed by atoms with E-state index in [4.69, 9.17) is 4.74 Å². The highest BCUT2D eigenvalue weighted by Crippen LogP contribution is 2.27. The van der Waals surface area contributed by atoms with Crippen molar-refractivity contribution in [2.24, 2.45) is 0 Å². The Labute approximate surface area is 158 Å². The Bertz CT molecular complexity index is 874. The summed E-state index contributed by atoms with van der Waals surface area (Å²) in [6.45, 7) is 7.98. The van der Waals surface area contributed by atoms with Crippen LogP contribution in [0.1, 0.15) is 6.92 Å². The molecule has 26 heavy (non-hydrogen) atoms. The summed E-state index contributed by atoms with van der Waals surface area (Å²) in [7, 11) is -3.55. The van der Waals surface area contributed by atoms with Crippen LogP contribution >= 0.6 is 11.8 Å². The summed E-state index contributed by atoms with van der Waals surface area (Å²) in [5.41, 5.74) is 0.719. The number of thioether (sulfide) groups is 1. The average Bonchev–Trinajstić information content (AvgIpc) is 3.06. The molecule has 9 heteroatoms. The van der Waals surface area contributed by atoms with Crippen LogP contribution in [0, 0.1) is 0 Å². The smallest absolute Gasteiger partial charge is 0.243 e. The molecular formula is C17H22N4O3S2. The molecule has 1 saturated heterocycles. The van der Waals surface area contributed by atoms with Crippen LogP contribution in [0.4, 0.5) is 0 Å². The summed E-state index contributed by atoms with van der Waals surface area (Å²) >= 11 is 1.59. The average molecular weight is 395 g/mol. The number of sulfonamides is 1. The van der Waals surface area contributed by atoms with Crippen LogP contribution in [0.15, 0.2) is 47.0 Å². The zero-order valence-corrected chi connectivity index (χ0v) is 16.3. The van der Waals surface area contributed by atoms with Crippen LogP contribution in [-0.2, 0) is 21.3 Å². The van der Waals surface area contributed by atoms with Gasteiger partial charge in [0, 0.05) is 25.2 Å². The molecule has 0 spiro atoms. The van der Waals surface area contributed by atoms with E-state index in [0.717, 1.165) is 16.5 Å². The highest BCUT2D eigenvalue weighted by atomic mass is 32.2. The minimum atomic E-state index is -3.55. The van der Waals surface area contributed by atoms with Crippen molar-refractivity contribution in [3.63, 3.8) is 0 Å². The molecule has 1 aromatic carbocycles. The van der Waals surface area contributed by atoms with E-state index >= 15 is 0 Å². The van der Waals surface area contributed by atoms with Crippen molar-refractivity contribution in [1.82, 2.24) is 19.1 Å². The standard InChI is InChI=1S/C17H22N4O3S2/c1-3-8-21-16(18-19-17(21)25-4-2)14-6-5-7-15(13-14)26(22,23)20-9-11-24-12-10-20/h3,5-7,13H,1,4,8-12H2,2H3. The second-order valence-electron chi connectivity index (χ2n) is 5.68. The molecule has 0 unspecified atom stereocenters. The van der Waals surface area contributed by atoms with Gasteiger partial charge in [0.05, 0.1) is 18.1 Å².